The van der Waals surface area contributed by atoms with E-state index < -0.39 is 16.4 Å². The monoisotopic (exact) mass is 254 g/mol. The Kier molecular flexibility index (Phi) is 2.76. The van der Waals surface area contributed by atoms with E-state index >= 15 is 0 Å². The number of rotatable bonds is 3. The molecule has 0 unspecified atom stereocenters. The average Bonchev–Trinajstić information content (AvgIpc) is 2.58. The van der Waals surface area contributed by atoms with Gasteiger partial charge in [0.15, 0.2) is 0 Å². The first-order chi connectivity index (χ1) is 8.06. The lowest BCUT2D eigenvalue weighted by atomic mass is 10.3. The van der Waals surface area contributed by atoms with Gasteiger partial charge in [0.05, 0.1) is 15.1 Å². The lowest BCUT2D eigenvalue weighted by molar-refractivity contribution is -0.387. The molecule has 0 spiro atoms. The van der Waals surface area contributed by atoms with E-state index in [0.29, 0.717) is 16.9 Å². The molecule has 0 amide bonds. The molecule has 0 aliphatic heterocycles. The van der Waals surface area contributed by atoms with Crippen LogP contribution >= 0.6 is 11.3 Å². The van der Waals surface area contributed by atoms with Crippen LogP contribution in [0.25, 0.3) is 10.2 Å². The molecule has 1 aromatic carbocycles. The molecule has 0 radical (unpaired) electrons. The predicted octanol–water partition coefficient (Wildman–Crippen LogP) is 2.30. The van der Waals surface area contributed by atoms with Crippen LogP contribution in [0.3, 0.4) is 0 Å². The van der Waals surface area contributed by atoms with Crippen LogP contribution in [0, 0.1) is 15.9 Å². The van der Waals surface area contributed by atoms with E-state index in [9.17, 15) is 19.3 Å². The van der Waals surface area contributed by atoms with Gasteiger partial charge in [0.2, 0.25) is 5.82 Å². The fourth-order valence-electron chi connectivity index (χ4n) is 1.53. The molecular formula is C10H7FN2O3S. The van der Waals surface area contributed by atoms with Crippen molar-refractivity contribution in [2.45, 2.75) is 6.54 Å². The number of hydrogen-bond donors (Lipinski definition) is 0. The van der Waals surface area contributed by atoms with Crippen molar-refractivity contribution < 1.29 is 9.31 Å². The minimum absolute atomic E-state index is 0.00560. The lowest BCUT2D eigenvalue weighted by Crippen LogP contribution is -2.11. The summed E-state index contributed by atoms with van der Waals surface area (Å²) in [7, 11) is 0. The molecule has 7 heteroatoms. The molecule has 17 heavy (non-hydrogen) atoms. The number of hydrogen-bond acceptors (Lipinski definition) is 4. The van der Waals surface area contributed by atoms with Crippen LogP contribution in [-0.2, 0) is 6.54 Å². The van der Waals surface area contributed by atoms with Gasteiger partial charge >= 0.3 is 10.6 Å². The first-order valence-corrected chi connectivity index (χ1v) is 5.45. The zero-order valence-electron chi connectivity index (χ0n) is 8.55. The Bertz CT molecular complexity index is 674. The van der Waals surface area contributed by atoms with Gasteiger partial charge in [-0.3, -0.25) is 19.5 Å². The molecule has 2 aromatic rings. The minimum atomic E-state index is -0.961. The van der Waals surface area contributed by atoms with Crippen molar-refractivity contribution in [2.24, 2.45) is 0 Å². The molecule has 0 aliphatic rings. The Balaban J connectivity index is 2.81. The average molecular weight is 254 g/mol. The van der Waals surface area contributed by atoms with Gasteiger partial charge < -0.3 is 0 Å². The van der Waals surface area contributed by atoms with E-state index in [0.717, 1.165) is 6.07 Å². The predicted molar refractivity (Wildman–Crippen MR) is 62.9 cm³/mol. The molecule has 88 valence electrons. The fraction of sp³-hybridized carbons (Fsp3) is 0.100. The van der Waals surface area contributed by atoms with Gasteiger partial charge in [0.25, 0.3) is 0 Å². The molecule has 0 fully saturated rings. The quantitative estimate of drug-likeness (QED) is 0.479. The largest absolute Gasteiger partial charge is 0.308 e. The second kappa shape index (κ2) is 4.10. The third-order valence-electron chi connectivity index (χ3n) is 2.26. The smallest absolute Gasteiger partial charge is 0.295 e. The first kappa shape index (κ1) is 11.5. The number of fused-ring (bicyclic) bond motifs is 1. The minimum Gasteiger partial charge on any atom is -0.295 e. The van der Waals surface area contributed by atoms with Gasteiger partial charge in [-0.05, 0) is 6.07 Å². The van der Waals surface area contributed by atoms with Crippen LogP contribution in [0.2, 0.25) is 0 Å². The molecule has 1 heterocycles. The second-order valence-electron chi connectivity index (χ2n) is 3.27. The molecule has 0 saturated heterocycles. The number of allylic oxidation sites excluding steroid dienone is 1. The number of benzene rings is 1. The highest BCUT2D eigenvalue weighted by atomic mass is 32.1. The first-order valence-electron chi connectivity index (χ1n) is 4.63. The van der Waals surface area contributed by atoms with Crippen molar-refractivity contribution in [1.82, 2.24) is 4.57 Å². The molecule has 5 nitrogen and oxygen atoms in total. The van der Waals surface area contributed by atoms with Crippen LogP contribution in [0.15, 0.2) is 29.6 Å². The van der Waals surface area contributed by atoms with E-state index in [-0.39, 0.29) is 16.1 Å². The Morgan fingerprint density at radius 2 is 2.29 bits per heavy atom. The lowest BCUT2D eigenvalue weighted by Gasteiger charge is -1.99. The van der Waals surface area contributed by atoms with Crippen LogP contribution in [0.1, 0.15) is 0 Å². The Hall–Kier alpha value is -2.02. The van der Waals surface area contributed by atoms with Gasteiger partial charge in [-0.1, -0.05) is 17.4 Å². The number of halogens is 1. The van der Waals surface area contributed by atoms with Crippen molar-refractivity contribution >= 4 is 27.2 Å². The maximum atomic E-state index is 13.7. The van der Waals surface area contributed by atoms with Crippen molar-refractivity contribution in [3.8, 4) is 0 Å². The molecular weight excluding hydrogens is 247 g/mol. The molecule has 2 rings (SSSR count). The molecule has 0 atom stereocenters. The van der Waals surface area contributed by atoms with Gasteiger partial charge in [0.1, 0.15) is 0 Å². The van der Waals surface area contributed by atoms with E-state index in [4.69, 9.17) is 0 Å². The molecule has 0 saturated carbocycles. The fourth-order valence-corrected chi connectivity index (χ4v) is 2.46. The summed E-state index contributed by atoms with van der Waals surface area (Å²) in [4.78, 5) is 20.9. The molecule has 0 aliphatic carbocycles. The van der Waals surface area contributed by atoms with Crippen LogP contribution in [0.4, 0.5) is 10.1 Å². The highest BCUT2D eigenvalue weighted by Crippen LogP contribution is 2.28. The van der Waals surface area contributed by atoms with Gasteiger partial charge in [-0.2, -0.15) is 4.39 Å². The standard InChI is InChI=1S/C10H7FN2O3S/c1-2-5-12-7-4-3-6(13(15)16)8(11)9(7)17-10(12)14/h2-4H,1,5H2. The zero-order chi connectivity index (χ0) is 12.6. The molecule has 0 N–H and O–H groups in total. The van der Waals surface area contributed by atoms with Crippen molar-refractivity contribution in [1.29, 1.82) is 0 Å². The zero-order valence-corrected chi connectivity index (χ0v) is 9.37. The molecule has 0 bridgehead atoms. The second-order valence-corrected chi connectivity index (χ2v) is 4.23. The summed E-state index contributed by atoms with van der Waals surface area (Å²) in [6, 6.07) is 2.43. The summed E-state index contributed by atoms with van der Waals surface area (Å²) >= 11 is 0.657. The van der Waals surface area contributed by atoms with E-state index in [1.807, 2.05) is 0 Å². The summed E-state index contributed by atoms with van der Waals surface area (Å²) in [6.07, 6.45) is 1.51. The third-order valence-corrected chi connectivity index (χ3v) is 3.25. The highest BCUT2D eigenvalue weighted by molar-refractivity contribution is 7.16. The van der Waals surface area contributed by atoms with Gasteiger partial charge in [-0.15, -0.1) is 6.58 Å². The van der Waals surface area contributed by atoms with Crippen LogP contribution < -0.4 is 4.87 Å². The van der Waals surface area contributed by atoms with Crippen LogP contribution in [0.5, 0.6) is 0 Å². The normalized spacial score (nSPS) is 10.6. The summed E-state index contributed by atoms with van der Waals surface area (Å²) < 4.78 is 15.1. The third kappa shape index (κ3) is 1.74. The van der Waals surface area contributed by atoms with E-state index in [2.05, 4.69) is 6.58 Å². The Labute approximate surface area is 98.6 Å². The van der Waals surface area contributed by atoms with Gasteiger partial charge in [-0.25, -0.2) is 0 Å². The van der Waals surface area contributed by atoms with Gasteiger partial charge in [0, 0.05) is 12.6 Å². The summed E-state index contributed by atoms with van der Waals surface area (Å²) in [5.41, 5.74) is -0.271. The van der Waals surface area contributed by atoms with Crippen molar-refractivity contribution in [3.63, 3.8) is 0 Å². The van der Waals surface area contributed by atoms with Crippen LogP contribution in [-0.4, -0.2) is 9.49 Å². The van der Waals surface area contributed by atoms with Crippen molar-refractivity contribution in [3.05, 3.63) is 50.4 Å². The number of nitrogens with zero attached hydrogens (tertiary/aromatic N) is 2. The number of nitro groups is 1. The Morgan fingerprint density at radius 1 is 1.59 bits per heavy atom. The summed E-state index contributed by atoms with van der Waals surface area (Å²) in [5.74, 6) is -0.961. The van der Waals surface area contributed by atoms with E-state index in [1.54, 1.807) is 0 Å². The van der Waals surface area contributed by atoms with E-state index in [1.165, 1.54) is 16.7 Å². The Morgan fingerprint density at radius 3 is 2.88 bits per heavy atom. The summed E-state index contributed by atoms with van der Waals surface area (Å²) in [6.45, 7) is 3.74. The topological polar surface area (TPSA) is 65.1 Å². The number of nitro benzene ring substituents is 1. The maximum absolute atomic E-state index is 13.7. The summed E-state index contributed by atoms with van der Waals surface area (Å²) in [5, 5.41) is 10.6. The number of aromatic nitrogens is 1. The SMILES string of the molecule is C=CCn1c(=O)sc2c(F)c([N+](=O)[O-])ccc21. The van der Waals surface area contributed by atoms with Crippen molar-refractivity contribution in [2.75, 3.05) is 0 Å². The maximum Gasteiger partial charge on any atom is 0.308 e. The highest BCUT2D eigenvalue weighted by Gasteiger charge is 2.20. The molecule has 1 aromatic heterocycles. The number of thiazole rings is 1.